The molecule has 0 unspecified atom stereocenters. The zero-order valence-corrected chi connectivity index (χ0v) is 16.9. The zero-order chi connectivity index (χ0) is 22.0. The maximum absolute atomic E-state index is 12.7. The van der Waals surface area contributed by atoms with Crippen LogP contribution in [0.1, 0.15) is 16.1 Å². The van der Waals surface area contributed by atoms with Gasteiger partial charge in [-0.25, -0.2) is 9.97 Å². The highest BCUT2D eigenvalue weighted by Gasteiger charge is 2.24. The quantitative estimate of drug-likeness (QED) is 0.511. The summed E-state index contributed by atoms with van der Waals surface area (Å²) in [5, 5.41) is 20.7. The zero-order valence-electron chi connectivity index (χ0n) is 16.9. The molecule has 1 aliphatic rings. The average molecular weight is 419 g/mol. The number of aromatic nitrogens is 2. The van der Waals surface area contributed by atoms with E-state index in [0.717, 1.165) is 11.5 Å². The Bertz CT molecular complexity index is 1140. The molecule has 158 valence electrons. The van der Waals surface area contributed by atoms with Crippen LogP contribution in [0.4, 0.5) is 11.5 Å². The van der Waals surface area contributed by atoms with Gasteiger partial charge in [0.2, 0.25) is 0 Å². The van der Waals surface area contributed by atoms with E-state index in [0.29, 0.717) is 43.1 Å². The van der Waals surface area contributed by atoms with Crippen LogP contribution in [-0.4, -0.2) is 57.0 Å². The fourth-order valence-electron chi connectivity index (χ4n) is 3.56. The molecule has 2 heterocycles. The SMILES string of the molecule is Cc1cc(N2CCN(C(=O)c3cccc(O)c3)CC2)nc(-c2cccc([N+](=O)[O-])c2)n1. The van der Waals surface area contributed by atoms with Gasteiger partial charge in [0, 0.05) is 61.2 Å². The lowest BCUT2D eigenvalue weighted by atomic mass is 10.1. The number of hydrogen-bond acceptors (Lipinski definition) is 7. The minimum absolute atomic E-state index is 0.0109. The van der Waals surface area contributed by atoms with Gasteiger partial charge in [0.05, 0.1) is 4.92 Å². The molecule has 0 saturated carbocycles. The van der Waals surface area contributed by atoms with Crippen LogP contribution in [0.5, 0.6) is 5.75 Å². The third-order valence-electron chi connectivity index (χ3n) is 5.14. The van der Waals surface area contributed by atoms with Crippen LogP contribution < -0.4 is 4.90 Å². The molecule has 2 aromatic carbocycles. The Balaban J connectivity index is 1.51. The van der Waals surface area contributed by atoms with E-state index in [1.54, 1.807) is 29.2 Å². The van der Waals surface area contributed by atoms with E-state index in [1.165, 1.54) is 24.3 Å². The van der Waals surface area contributed by atoms with Crippen LogP contribution in [0.15, 0.2) is 54.6 Å². The van der Waals surface area contributed by atoms with Crippen molar-refractivity contribution in [2.75, 3.05) is 31.1 Å². The number of benzene rings is 2. The van der Waals surface area contributed by atoms with Gasteiger partial charge in [-0.15, -0.1) is 0 Å². The number of carbonyl (C=O) groups excluding carboxylic acids is 1. The number of carbonyl (C=O) groups is 1. The molecule has 1 fully saturated rings. The predicted octanol–water partition coefficient (Wildman–Crippen LogP) is 3.03. The van der Waals surface area contributed by atoms with Gasteiger partial charge in [-0.2, -0.15) is 0 Å². The second-order valence-corrected chi connectivity index (χ2v) is 7.33. The van der Waals surface area contributed by atoms with Crippen LogP contribution >= 0.6 is 0 Å². The molecule has 0 bridgehead atoms. The molecule has 31 heavy (non-hydrogen) atoms. The number of nitrogens with zero attached hydrogens (tertiary/aromatic N) is 5. The molecule has 3 aromatic rings. The van der Waals surface area contributed by atoms with Gasteiger partial charge in [-0.3, -0.25) is 14.9 Å². The first-order valence-corrected chi connectivity index (χ1v) is 9.84. The Morgan fingerprint density at radius 2 is 1.77 bits per heavy atom. The third kappa shape index (κ3) is 4.45. The summed E-state index contributed by atoms with van der Waals surface area (Å²) in [6.07, 6.45) is 0. The molecule has 4 rings (SSSR count). The van der Waals surface area contributed by atoms with Crippen molar-refractivity contribution >= 4 is 17.4 Å². The number of nitro benzene ring substituents is 1. The van der Waals surface area contributed by atoms with Crippen molar-refractivity contribution in [3.8, 4) is 17.1 Å². The first-order chi connectivity index (χ1) is 14.9. The first-order valence-electron chi connectivity index (χ1n) is 9.84. The van der Waals surface area contributed by atoms with Gasteiger partial charge >= 0.3 is 0 Å². The molecule has 1 amide bonds. The molecule has 9 heteroatoms. The smallest absolute Gasteiger partial charge is 0.270 e. The number of nitro groups is 1. The molecule has 0 aliphatic carbocycles. The van der Waals surface area contributed by atoms with E-state index in [-0.39, 0.29) is 17.3 Å². The molecule has 9 nitrogen and oxygen atoms in total. The van der Waals surface area contributed by atoms with E-state index in [2.05, 4.69) is 14.9 Å². The number of aryl methyl sites for hydroxylation is 1. The molecular formula is C22H21N5O4. The van der Waals surface area contributed by atoms with Gasteiger partial charge in [0.25, 0.3) is 11.6 Å². The Labute approximate surface area is 178 Å². The molecule has 1 N–H and O–H groups in total. The summed E-state index contributed by atoms with van der Waals surface area (Å²) in [6, 6.07) is 14.5. The van der Waals surface area contributed by atoms with E-state index in [9.17, 15) is 20.0 Å². The summed E-state index contributed by atoms with van der Waals surface area (Å²) < 4.78 is 0. The molecule has 1 aromatic heterocycles. The number of non-ortho nitro benzene ring substituents is 1. The molecule has 1 aliphatic heterocycles. The largest absolute Gasteiger partial charge is 0.508 e. The average Bonchev–Trinajstić information content (AvgIpc) is 2.78. The number of piperazine rings is 1. The maximum Gasteiger partial charge on any atom is 0.270 e. The van der Waals surface area contributed by atoms with Crippen molar-refractivity contribution in [2.24, 2.45) is 0 Å². The fourth-order valence-corrected chi connectivity index (χ4v) is 3.56. The summed E-state index contributed by atoms with van der Waals surface area (Å²) in [5.74, 6) is 1.09. The number of aromatic hydroxyl groups is 1. The van der Waals surface area contributed by atoms with E-state index in [1.807, 2.05) is 13.0 Å². The fraction of sp³-hybridized carbons (Fsp3) is 0.227. The summed E-state index contributed by atoms with van der Waals surface area (Å²) in [5.41, 5.74) is 1.78. The van der Waals surface area contributed by atoms with Crippen LogP contribution in [0.25, 0.3) is 11.4 Å². The Hall–Kier alpha value is -4.01. The van der Waals surface area contributed by atoms with Gasteiger partial charge < -0.3 is 14.9 Å². The summed E-state index contributed by atoms with van der Waals surface area (Å²) in [6.45, 7) is 4.08. The highest BCUT2D eigenvalue weighted by molar-refractivity contribution is 5.94. The Morgan fingerprint density at radius 1 is 1.03 bits per heavy atom. The minimum Gasteiger partial charge on any atom is -0.508 e. The molecular weight excluding hydrogens is 398 g/mol. The standard InChI is InChI=1S/C22H21N5O4/c1-15-12-20(24-21(23-15)16-4-2-6-18(13-16)27(30)31)25-8-10-26(11-9-25)22(29)17-5-3-7-19(28)14-17/h2-7,12-14,28H,8-11H2,1H3. The van der Waals surface area contributed by atoms with Crippen molar-refractivity contribution < 1.29 is 14.8 Å². The number of anilines is 1. The van der Waals surface area contributed by atoms with Crippen LogP contribution in [0.3, 0.4) is 0 Å². The normalized spacial score (nSPS) is 13.8. The van der Waals surface area contributed by atoms with Crippen molar-refractivity contribution in [3.63, 3.8) is 0 Å². The van der Waals surface area contributed by atoms with Crippen molar-refractivity contribution in [1.82, 2.24) is 14.9 Å². The van der Waals surface area contributed by atoms with E-state index < -0.39 is 4.92 Å². The van der Waals surface area contributed by atoms with Crippen molar-refractivity contribution in [3.05, 3.63) is 76.0 Å². The summed E-state index contributed by atoms with van der Waals surface area (Å²) in [7, 11) is 0. The summed E-state index contributed by atoms with van der Waals surface area (Å²) in [4.78, 5) is 36.2. The second-order valence-electron chi connectivity index (χ2n) is 7.33. The summed E-state index contributed by atoms with van der Waals surface area (Å²) >= 11 is 0. The lowest BCUT2D eigenvalue weighted by molar-refractivity contribution is -0.384. The van der Waals surface area contributed by atoms with Gasteiger partial charge in [-0.05, 0) is 25.1 Å². The Kier molecular flexibility index (Phi) is 5.48. The number of rotatable bonds is 4. The van der Waals surface area contributed by atoms with Crippen LogP contribution in [0.2, 0.25) is 0 Å². The lowest BCUT2D eigenvalue weighted by Gasteiger charge is -2.35. The van der Waals surface area contributed by atoms with Crippen LogP contribution in [0, 0.1) is 17.0 Å². The highest BCUT2D eigenvalue weighted by Crippen LogP contribution is 2.24. The predicted molar refractivity (Wildman–Crippen MR) is 115 cm³/mol. The van der Waals surface area contributed by atoms with Gasteiger partial charge in [0.1, 0.15) is 11.6 Å². The number of hydrogen-bond donors (Lipinski definition) is 1. The topological polar surface area (TPSA) is 113 Å². The molecule has 0 radical (unpaired) electrons. The second kappa shape index (κ2) is 8.39. The molecule has 1 saturated heterocycles. The number of phenols is 1. The molecule has 0 spiro atoms. The van der Waals surface area contributed by atoms with Crippen LogP contribution in [-0.2, 0) is 0 Å². The van der Waals surface area contributed by atoms with E-state index in [4.69, 9.17) is 0 Å². The maximum atomic E-state index is 12.7. The Morgan fingerprint density at radius 3 is 2.48 bits per heavy atom. The molecule has 0 atom stereocenters. The van der Waals surface area contributed by atoms with Gasteiger partial charge in [0.15, 0.2) is 5.82 Å². The minimum atomic E-state index is -0.442. The highest BCUT2D eigenvalue weighted by atomic mass is 16.6. The van der Waals surface area contributed by atoms with Crippen molar-refractivity contribution in [1.29, 1.82) is 0 Å². The first kappa shape index (κ1) is 20.3. The van der Waals surface area contributed by atoms with Gasteiger partial charge in [-0.1, -0.05) is 18.2 Å². The van der Waals surface area contributed by atoms with E-state index >= 15 is 0 Å². The van der Waals surface area contributed by atoms with Crippen molar-refractivity contribution in [2.45, 2.75) is 6.92 Å². The monoisotopic (exact) mass is 419 g/mol. The number of amides is 1. The number of phenolic OH excluding ortho intramolecular Hbond substituents is 1. The lowest BCUT2D eigenvalue weighted by Crippen LogP contribution is -2.49. The third-order valence-corrected chi connectivity index (χ3v) is 5.14.